The van der Waals surface area contributed by atoms with Gasteiger partial charge in [-0.3, -0.25) is 14.3 Å². The fourth-order valence-corrected chi connectivity index (χ4v) is 4.42. The number of nitrogens with one attached hydrogen (secondary N) is 1. The van der Waals surface area contributed by atoms with Crippen molar-refractivity contribution in [3.05, 3.63) is 52.2 Å². The highest BCUT2D eigenvalue weighted by molar-refractivity contribution is 5.92. The normalized spacial score (nSPS) is 15.8. The number of pyridine rings is 1. The third-order valence-electron chi connectivity index (χ3n) is 5.60. The largest absolute Gasteiger partial charge is 0.503 e. The summed E-state index contributed by atoms with van der Waals surface area (Å²) in [6, 6.07) is 6.08. The Labute approximate surface area is 161 Å². The molecule has 0 radical (unpaired) electrons. The van der Waals surface area contributed by atoms with Crippen LogP contribution in [0.2, 0.25) is 0 Å². The summed E-state index contributed by atoms with van der Waals surface area (Å²) in [6.45, 7) is 2.50. The van der Waals surface area contributed by atoms with E-state index in [0.29, 0.717) is 6.54 Å². The highest BCUT2D eigenvalue weighted by Crippen LogP contribution is 2.41. The number of rotatable bonds is 4. The number of aromatic nitrogens is 4. The zero-order chi connectivity index (χ0) is 19.9. The van der Waals surface area contributed by atoms with Crippen LogP contribution in [0.4, 0.5) is 0 Å². The van der Waals surface area contributed by atoms with Gasteiger partial charge in [0, 0.05) is 24.3 Å². The number of amides is 1. The molecule has 8 nitrogen and oxygen atoms in total. The summed E-state index contributed by atoms with van der Waals surface area (Å²) in [5.41, 5.74) is 0.670. The number of carbonyl (C=O) groups excluding carboxylic acids is 1. The second kappa shape index (κ2) is 6.78. The highest BCUT2D eigenvalue weighted by atomic mass is 16.3. The van der Waals surface area contributed by atoms with E-state index in [1.165, 1.54) is 17.9 Å². The van der Waals surface area contributed by atoms with Crippen molar-refractivity contribution in [1.82, 2.24) is 24.6 Å². The van der Waals surface area contributed by atoms with Crippen LogP contribution < -0.4 is 10.7 Å². The molecule has 0 unspecified atom stereocenters. The van der Waals surface area contributed by atoms with Crippen molar-refractivity contribution in [2.24, 2.45) is 0 Å². The SMILES string of the molecule is CNC(=O)c1nn(CC2(n3c(C)cc4cccnc43)CCCC2)cc(O)c1=O. The molecule has 28 heavy (non-hydrogen) atoms. The van der Waals surface area contributed by atoms with Gasteiger partial charge >= 0.3 is 0 Å². The molecular formula is C20H23N5O3. The molecule has 3 aromatic rings. The van der Waals surface area contributed by atoms with Gasteiger partial charge in [-0.25, -0.2) is 4.98 Å². The Balaban J connectivity index is 1.84. The minimum Gasteiger partial charge on any atom is -0.503 e. The van der Waals surface area contributed by atoms with Crippen molar-refractivity contribution in [2.45, 2.75) is 44.7 Å². The average molecular weight is 381 g/mol. The molecule has 1 aliphatic rings. The topological polar surface area (TPSA) is 102 Å². The molecule has 4 rings (SSSR count). The maximum Gasteiger partial charge on any atom is 0.275 e. The third kappa shape index (κ3) is 2.85. The number of nitrogens with zero attached hydrogens (tertiary/aromatic N) is 4. The van der Waals surface area contributed by atoms with Crippen LogP contribution in [0, 0.1) is 6.92 Å². The second-order valence-electron chi connectivity index (χ2n) is 7.44. The van der Waals surface area contributed by atoms with Crippen LogP contribution in [0.5, 0.6) is 5.75 Å². The predicted octanol–water partition coefficient (Wildman–Crippen LogP) is 1.94. The summed E-state index contributed by atoms with van der Waals surface area (Å²) < 4.78 is 3.77. The van der Waals surface area contributed by atoms with Crippen molar-refractivity contribution < 1.29 is 9.90 Å². The van der Waals surface area contributed by atoms with E-state index in [0.717, 1.165) is 42.4 Å². The zero-order valence-electron chi connectivity index (χ0n) is 16.0. The van der Waals surface area contributed by atoms with Gasteiger partial charge < -0.3 is 15.0 Å². The molecule has 1 aliphatic carbocycles. The molecule has 3 aromatic heterocycles. The zero-order valence-corrected chi connectivity index (χ0v) is 16.0. The van der Waals surface area contributed by atoms with Gasteiger partial charge in [0.2, 0.25) is 0 Å². The molecule has 0 atom stereocenters. The molecule has 3 heterocycles. The van der Waals surface area contributed by atoms with Gasteiger partial charge in [-0.2, -0.15) is 5.10 Å². The van der Waals surface area contributed by atoms with E-state index in [2.05, 4.69) is 33.0 Å². The first kappa shape index (κ1) is 18.2. The van der Waals surface area contributed by atoms with E-state index in [9.17, 15) is 14.7 Å². The van der Waals surface area contributed by atoms with Crippen LogP contribution in [0.25, 0.3) is 11.0 Å². The van der Waals surface area contributed by atoms with Crippen LogP contribution in [0.15, 0.2) is 35.4 Å². The molecule has 1 amide bonds. The van der Waals surface area contributed by atoms with Crippen molar-refractivity contribution in [2.75, 3.05) is 7.05 Å². The van der Waals surface area contributed by atoms with Crippen LogP contribution in [-0.2, 0) is 12.1 Å². The molecule has 0 aliphatic heterocycles. The average Bonchev–Trinajstić information content (AvgIpc) is 3.27. The number of aryl methyl sites for hydroxylation is 1. The van der Waals surface area contributed by atoms with Gasteiger partial charge in [-0.05, 0) is 38.0 Å². The lowest BCUT2D eigenvalue weighted by atomic mass is 9.96. The van der Waals surface area contributed by atoms with Crippen LogP contribution in [0.1, 0.15) is 41.9 Å². The molecule has 146 valence electrons. The molecule has 0 bridgehead atoms. The Morgan fingerprint density at radius 1 is 1.36 bits per heavy atom. The van der Waals surface area contributed by atoms with Crippen LogP contribution >= 0.6 is 0 Å². The Bertz CT molecular complexity index is 1110. The molecule has 0 aromatic carbocycles. The number of hydrogen-bond donors (Lipinski definition) is 2. The number of fused-ring (bicyclic) bond motifs is 1. The van der Waals surface area contributed by atoms with Gasteiger partial charge in [-0.15, -0.1) is 0 Å². The summed E-state index contributed by atoms with van der Waals surface area (Å²) in [4.78, 5) is 28.7. The number of hydrogen-bond acceptors (Lipinski definition) is 5. The van der Waals surface area contributed by atoms with Crippen molar-refractivity contribution in [1.29, 1.82) is 0 Å². The molecule has 1 fully saturated rings. The first-order chi connectivity index (χ1) is 13.4. The molecule has 2 N–H and O–H groups in total. The minimum absolute atomic E-state index is 0.283. The van der Waals surface area contributed by atoms with E-state index < -0.39 is 17.1 Å². The van der Waals surface area contributed by atoms with E-state index >= 15 is 0 Å². The maximum atomic E-state index is 12.1. The maximum absolute atomic E-state index is 12.1. The summed E-state index contributed by atoms with van der Waals surface area (Å²) in [7, 11) is 1.43. The lowest BCUT2D eigenvalue weighted by Crippen LogP contribution is -2.38. The first-order valence-electron chi connectivity index (χ1n) is 9.41. The van der Waals surface area contributed by atoms with E-state index in [4.69, 9.17) is 0 Å². The van der Waals surface area contributed by atoms with E-state index in [-0.39, 0.29) is 11.2 Å². The summed E-state index contributed by atoms with van der Waals surface area (Å²) in [5.74, 6) is -1.09. The molecule has 0 spiro atoms. The van der Waals surface area contributed by atoms with Crippen molar-refractivity contribution >= 4 is 16.9 Å². The van der Waals surface area contributed by atoms with E-state index in [1.807, 2.05) is 12.1 Å². The Kier molecular flexibility index (Phi) is 4.41. The monoisotopic (exact) mass is 381 g/mol. The fourth-order valence-electron chi connectivity index (χ4n) is 4.42. The Morgan fingerprint density at radius 2 is 2.11 bits per heavy atom. The van der Waals surface area contributed by atoms with Crippen LogP contribution in [0.3, 0.4) is 0 Å². The van der Waals surface area contributed by atoms with Gasteiger partial charge in [0.15, 0.2) is 11.4 Å². The molecular weight excluding hydrogens is 358 g/mol. The summed E-state index contributed by atoms with van der Waals surface area (Å²) >= 11 is 0. The van der Waals surface area contributed by atoms with Gasteiger partial charge in [0.25, 0.3) is 11.3 Å². The standard InChI is InChI=1S/C20H23N5O3/c1-13-10-14-6-5-9-22-18(14)25(13)20(7-3-4-8-20)12-24-11-15(26)17(27)16(23-24)19(28)21-2/h5-6,9-11,26H,3-4,7-8,12H2,1-2H3,(H,21,28). The summed E-state index contributed by atoms with van der Waals surface area (Å²) in [5, 5.41) is 17.8. The number of aromatic hydroxyl groups is 1. The quantitative estimate of drug-likeness (QED) is 0.719. The van der Waals surface area contributed by atoms with Crippen molar-refractivity contribution in [3.8, 4) is 5.75 Å². The van der Waals surface area contributed by atoms with Crippen LogP contribution in [-0.4, -0.2) is 37.4 Å². The Morgan fingerprint density at radius 3 is 2.82 bits per heavy atom. The first-order valence-corrected chi connectivity index (χ1v) is 9.41. The molecule has 0 saturated heterocycles. The Hall–Kier alpha value is -3.16. The smallest absolute Gasteiger partial charge is 0.275 e. The minimum atomic E-state index is -0.764. The second-order valence-corrected chi connectivity index (χ2v) is 7.44. The van der Waals surface area contributed by atoms with Crippen molar-refractivity contribution in [3.63, 3.8) is 0 Å². The molecule has 8 heteroatoms. The lowest BCUT2D eigenvalue weighted by Gasteiger charge is -2.33. The highest BCUT2D eigenvalue weighted by Gasteiger charge is 2.38. The van der Waals surface area contributed by atoms with Gasteiger partial charge in [-0.1, -0.05) is 12.8 Å². The van der Waals surface area contributed by atoms with Gasteiger partial charge in [0.05, 0.1) is 18.3 Å². The third-order valence-corrected chi connectivity index (χ3v) is 5.60. The summed E-state index contributed by atoms with van der Waals surface area (Å²) in [6.07, 6.45) is 7.09. The predicted molar refractivity (Wildman–Crippen MR) is 104 cm³/mol. The lowest BCUT2D eigenvalue weighted by molar-refractivity contribution is 0.0952. The molecule has 1 saturated carbocycles. The fraction of sp³-hybridized carbons (Fsp3) is 0.400. The van der Waals surface area contributed by atoms with Gasteiger partial charge in [0.1, 0.15) is 5.65 Å². The number of carbonyl (C=O) groups is 1. The van der Waals surface area contributed by atoms with E-state index in [1.54, 1.807) is 6.20 Å².